The van der Waals surface area contributed by atoms with E-state index in [1.54, 1.807) is 0 Å². The molecule has 2 nitrogen and oxygen atoms in total. The Bertz CT molecular complexity index is 1450. The van der Waals surface area contributed by atoms with Crippen molar-refractivity contribution >= 4 is 0 Å². The van der Waals surface area contributed by atoms with E-state index in [1.165, 1.54) is 50.3 Å². The van der Waals surface area contributed by atoms with Crippen LogP contribution in [-0.2, 0) is 6.67 Å². The molecule has 0 atom stereocenters. The Morgan fingerprint density at radius 3 is 2.00 bits per heavy atom. The summed E-state index contributed by atoms with van der Waals surface area (Å²) < 4.78 is 4.68. The zero-order valence-electron chi connectivity index (χ0n) is 20.1. The lowest BCUT2D eigenvalue weighted by molar-refractivity contribution is -0.903. The fraction of sp³-hybridized carbons (Fsp3) is 0.125. The highest BCUT2D eigenvalue weighted by Crippen LogP contribution is 2.26. The quantitative estimate of drug-likeness (QED) is 0.268. The predicted molar refractivity (Wildman–Crippen MR) is 139 cm³/mol. The number of aryl methyl sites for hydroxylation is 3. The Morgan fingerprint density at radius 1 is 0.500 bits per heavy atom. The lowest BCUT2D eigenvalue weighted by atomic mass is 9.99. The Kier molecular flexibility index (Phi) is 6.05. The second-order valence-corrected chi connectivity index (χ2v) is 8.97. The van der Waals surface area contributed by atoms with E-state index >= 15 is 0 Å². The van der Waals surface area contributed by atoms with E-state index in [1.807, 2.05) is 0 Å². The van der Waals surface area contributed by atoms with Gasteiger partial charge in [0.05, 0.1) is 0 Å². The van der Waals surface area contributed by atoms with Crippen LogP contribution in [0.2, 0.25) is 0 Å². The summed E-state index contributed by atoms with van der Waals surface area (Å²) in [5.74, 6) is 0. The van der Waals surface area contributed by atoms with Gasteiger partial charge in [0.1, 0.15) is 0 Å². The van der Waals surface area contributed by atoms with Crippen molar-refractivity contribution in [3.63, 3.8) is 0 Å². The summed E-state index contributed by atoms with van der Waals surface area (Å²) in [5, 5.41) is 0. The number of hydrogen-bond donors (Lipinski definition) is 0. The minimum absolute atomic E-state index is 0.724. The molecule has 5 rings (SSSR count). The van der Waals surface area contributed by atoms with Gasteiger partial charge in [0.2, 0.25) is 11.4 Å². The van der Waals surface area contributed by atoms with Crippen LogP contribution in [0.3, 0.4) is 0 Å². The molecule has 0 radical (unpaired) electrons. The molecule has 5 aromatic rings. The van der Waals surface area contributed by atoms with Gasteiger partial charge in [-0.1, -0.05) is 66.2 Å². The van der Waals surface area contributed by atoms with Crippen LogP contribution in [0.5, 0.6) is 0 Å². The molecule has 0 aliphatic carbocycles. The monoisotopic (exact) mass is 442 g/mol. The van der Waals surface area contributed by atoms with Crippen molar-refractivity contribution in [2.75, 3.05) is 0 Å². The van der Waals surface area contributed by atoms with Gasteiger partial charge in [-0.3, -0.25) is 0 Å². The molecule has 0 aliphatic heterocycles. The standard InChI is InChI=1S/C32H30N2/c1-24-16-17-30(26(3)21-24)32-22-28(27-12-5-4-6-13-27)18-20-34(32)23-33-19-10-9-15-31(33)29-14-8-7-11-25(29)2/h4-22H,23H2,1-3H3/q+2. The molecule has 0 amide bonds. The first-order valence-corrected chi connectivity index (χ1v) is 11.8. The van der Waals surface area contributed by atoms with Crippen LogP contribution < -0.4 is 9.13 Å². The first-order valence-electron chi connectivity index (χ1n) is 11.8. The number of benzene rings is 3. The number of nitrogens with zero attached hydrogens (tertiary/aromatic N) is 2. The average molecular weight is 443 g/mol. The largest absolute Gasteiger partial charge is 0.344 e. The van der Waals surface area contributed by atoms with E-state index in [9.17, 15) is 0 Å². The Balaban J connectivity index is 1.65. The highest BCUT2D eigenvalue weighted by Gasteiger charge is 2.23. The third-order valence-corrected chi connectivity index (χ3v) is 6.47. The fourth-order valence-corrected chi connectivity index (χ4v) is 4.66. The summed E-state index contributed by atoms with van der Waals surface area (Å²) in [6.07, 6.45) is 4.39. The molecule has 0 fully saturated rings. The van der Waals surface area contributed by atoms with E-state index < -0.39 is 0 Å². The third-order valence-electron chi connectivity index (χ3n) is 6.47. The van der Waals surface area contributed by atoms with Gasteiger partial charge in [-0.15, -0.1) is 9.13 Å². The number of hydrogen-bond acceptors (Lipinski definition) is 0. The van der Waals surface area contributed by atoms with Crippen LogP contribution in [0.1, 0.15) is 16.7 Å². The molecule has 2 heteroatoms. The summed E-state index contributed by atoms with van der Waals surface area (Å²) in [4.78, 5) is 0. The lowest BCUT2D eigenvalue weighted by Crippen LogP contribution is -2.53. The predicted octanol–water partition coefficient (Wildman–Crippen LogP) is 6.69. The first-order chi connectivity index (χ1) is 16.6. The molecule has 0 unspecified atom stereocenters. The second kappa shape index (κ2) is 9.44. The van der Waals surface area contributed by atoms with Crippen molar-refractivity contribution in [1.29, 1.82) is 0 Å². The summed E-state index contributed by atoms with van der Waals surface area (Å²) >= 11 is 0. The van der Waals surface area contributed by atoms with Gasteiger partial charge in [0.25, 0.3) is 0 Å². The van der Waals surface area contributed by atoms with Gasteiger partial charge in [-0.05, 0) is 61.2 Å². The summed E-state index contributed by atoms with van der Waals surface area (Å²) in [6.45, 7) is 7.26. The lowest BCUT2D eigenvalue weighted by Gasteiger charge is -2.10. The van der Waals surface area contributed by atoms with Crippen molar-refractivity contribution in [2.24, 2.45) is 0 Å². The minimum atomic E-state index is 0.724. The van der Waals surface area contributed by atoms with Crippen molar-refractivity contribution in [2.45, 2.75) is 27.4 Å². The van der Waals surface area contributed by atoms with Crippen molar-refractivity contribution < 1.29 is 9.13 Å². The Morgan fingerprint density at radius 2 is 1.21 bits per heavy atom. The molecule has 2 heterocycles. The first kappa shape index (κ1) is 21.8. The molecular formula is C32H30N2+2. The maximum Gasteiger partial charge on any atom is 0.344 e. The molecule has 2 aromatic heterocycles. The van der Waals surface area contributed by atoms with Gasteiger partial charge in [-0.25, -0.2) is 0 Å². The topological polar surface area (TPSA) is 7.76 Å². The molecule has 166 valence electrons. The van der Waals surface area contributed by atoms with Crippen LogP contribution in [0.25, 0.3) is 33.6 Å². The van der Waals surface area contributed by atoms with Crippen molar-refractivity contribution in [3.8, 4) is 33.6 Å². The Labute approximate surface area is 202 Å². The van der Waals surface area contributed by atoms with E-state index in [4.69, 9.17) is 0 Å². The minimum Gasteiger partial charge on any atom is -0.139 e. The van der Waals surface area contributed by atoms with Crippen LogP contribution in [0, 0.1) is 20.8 Å². The summed E-state index contributed by atoms with van der Waals surface area (Å²) in [7, 11) is 0. The van der Waals surface area contributed by atoms with Crippen LogP contribution in [0.15, 0.2) is 116 Å². The highest BCUT2D eigenvalue weighted by molar-refractivity contribution is 5.70. The van der Waals surface area contributed by atoms with E-state index in [-0.39, 0.29) is 0 Å². The molecular weight excluding hydrogens is 412 g/mol. The van der Waals surface area contributed by atoms with Crippen LogP contribution in [0.4, 0.5) is 0 Å². The fourth-order valence-electron chi connectivity index (χ4n) is 4.66. The van der Waals surface area contributed by atoms with Crippen molar-refractivity contribution in [1.82, 2.24) is 0 Å². The van der Waals surface area contributed by atoms with Crippen molar-refractivity contribution in [3.05, 3.63) is 132 Å². The zero-order chi connectivity index (χ0) is 23.5. The van der Waals surface area contributed by atoms with E-state index in [0.717, 1.165) is 6.67 Å². The van der Waals surface area contributed by atoms with Gasteiger partial charge in [0.15, 0.2) is 12.4 Å². The Hall–Kier alpha value is -4.04. The highest BCUT2D eigenvalue weighted by atomic mass is 15.1. The van der Waals surface area contributed by atoms with Gasteiger partial charge >= 0.3 is 6.67 Å². The molecule has 0 N–H and O–H groups in total. The van der Waals surface area contributed by atoms with E-state index in [0.29, 0.717) is 0 Å². The van der Waals surface area contributed by atoms with Gasteiger partial charge in [0, 0.05) is 35.4 Å². The van der Waals surface area contributed by atoms with Crippen LogP contribution >= 0.6 is 0 Å². The zero-order valence-corrected chi connectivity index (χ0v) is 20.1. The average Bonchev–Trinajstić information content (AvgIpc) is 2.86. The summed E-state index contributed by atoms with van der Waals surface area (Å²) in [6, 6.07) is 36.9. The number of rotatable bonds is 5. The SMILES string of the molecule is Cc1ccc(-c2cc(-c3ccccc3)cc[n+]2C[n+]2ccccc2-c2ccccc2C)c(C)c1. The van der Waals surface area contributed by atoms with Crippen LogP contribution in [-0.4, -0.2) is 0 Å². The molecule has 0 saturated heterocycles. The molecule has 0 saturated carbocycles. The molecule has 0 spiro atoms. The maximum absolute atomic E-state index is 2.35. The molecule has 34 heavy (non-hydrogen) atoms. The smallest absolute Gasteiger partial charge is 0.139 e. The van der Waals surface area contributed by atoms with E-state index in [2.05, 4.69) is 145 Å². The maximum atomic E-state index is 2.35. The molecule has 3 aromatic carbocycles. The third kappa shape index (κ3) is 4.40. The number of pyridine rings is 2. The van der Waals surface area contributed by atoms with Gasteiger partial charge < -0.3 is 0 Å². The molecule has 0 aliphatic rings. The molecule has 0 bridgehead atoms. The normalized spacial score (nSPS) is 10.9. The second-order valence-electron chi connectivity index (χ2n) is 8.97. The van der Waals surface area contributed by atoms with Gasteiger partial charge in [-0.2, -0.15) is 0 Å². The summed E-state index contributed by atoms with van der Waals surface area (Å²) in [5.41, 5.74) is 11.3. The number of aromatic nitrogens is 2.